The average Bonchev–Trinajstić information content (AvgIpc) is 2.85. The largest absolute Gasteiger partial charge is 0.490 e. The molecule has 1 nitrogen and oxygen atoms in total. The highest BCUT2D eigenvalue weighted by molar-refractivity contribution is 5.84. The second kappa shape index (κ2) is 11.1. The van der Waals surface area contributed by atoms with Crippen molar-refractivity contribution in [2.45, 2.75) is 31.9 Å². The summed E-state index contributed by atoms with van der Waals surface area (Å²) in [6.45, 7) is 4.07. The lowest BCUT2D eigenvalue weighted by Crippen LogP contribution is -2.12. The predicted octanol–water partition coefficient (Wildman–Crippen LogP) is 8.41. The molecule has 0 fully saturated rings. The van der Waals surface area contributed by atoms with Crippen LogP contribution in [0.3, 0.4) is 0 Å². The number of rotatable bonds is 9. The number of benzene rings is 4. The van der Waals surface area contributed by atoms with E-state index in [0.29, 0.717) is 29.7 Å². The molecule has 4 rings (SSSR count). The van der Waals surface area contributed by atoms with Crippen LogP contribution in [0.1, 0.15) is 27.8 Å². The molecule has 0 saturated carbocycles. The maximum Gasteiger partial charge on any atom is 0.422 e. The first-order valence-corrected chi connectivity index (χ1v) is 11.7. The Labute approximate surface area is 211 Å². The van der Waals surface area contributed by atoms with Gasteiger partial charge in [0.05, 0.1) is 0 Å². The molecule has 0 N–H and O–H groups in total. The molecule has 192 valence electrons. The number of aryl methyl sites for hydroxylation is 4. The van der Waals surface area contributed by atoms with Gasteiger partial charge in [-0.1, -0.05) is 55.1 Å². The fourth-order valence-electron chi connectivity index (χ4n) is 4.25. The lowest BCUT2D eigenvalue weighted by Gasteiger charge is -2.12. The van der Waals surface area contributed by atoms with Crippen LogP contribution in [0.2, 0.25) is 0 Å². The Balaban J connectivity index is 1.43. The van der Waals surface area contributed by atoms with Crippen LogP contribution in [0, 0.1) is 17.5 Å². The van der Waals surface area contributed by atoms with Gasteiger partial charge < -0.3 is 4.74 Å². The molecule has 4 aromatic rings. The van der Waals surface area contributed by atoms with Crippen LogP contribution < -0.4 is 4.74 Å². The van der Waals surface area contributed by atoms with Gasteiger partial charge in [-0.05, 0) is 77.6 Å². The Bertz CT molecular complexity index is 1380. The summed E-state index contributed by atoms with van der Waals surface area (Å²) in [5.41, 5.74) is 0.613. The Morgan fingerprint density at radius 1 is 0.703 bits per heavy atom. The maximum atomic E-state index is 15.1. The number of fused-ring (bicyclic) bond motifs is 1. The molecular formula is C30H24F6O. The van der Waals surface area contributed by atoms with E-state index in [1.54, 1.807) is 24.3 Å². The minimum Gasteiger partial charge on any atom is -0.490 e. The molecule has 4 aromatic carbocycles. The van der Waals surface area contributed by atoms with Crippen molar-refractivity contribution in [3.8, 4) is 5.75 Å². The van der Waals surface area contributed by atoms with Gasteiger partial charge >= 0.3 is 6.18 Å². The molecule has 0 saturated heterocycles. The highest BCUT2D eigenvalue weighted by Crippen LogP contribution is 2.34. The first-order chi connectivity index (χ1) is 17.7. The van der Waals surface area contributed by atoms with Crippen LogP contribution in [-0.2, 0) is 31.9 Å². The number of halogens is 6. The lowest BCUT2D eigenvalue weighted by atomic mass is 9.97. The van der Waals surface area contributed by atoms with Crippen LogP contribution in [0.25, 0.3) is 10.8 Å². The van der Waals surface area contributed by atoms with Crippen molar-refractivity contribution in [3.63, 3.8) is 0 Å². The van der Waals surface area contributed by atoms with E-state index in [1.807, 2.05) is 36.4 Å². The van der Waals surface area contributed by atoms with Gasteiger partial charge in [-0.3, -0.25) is 0 Å². The summed E-state index contributed by atoms with van der Waals surface area (Å²) in [7, 11) is 0. The number of ether oxygens (including phenoxy) is 1. The van der Waals surface area contributed by atoms with Crippen molar-refractivity contribution in [2.75, 3.05) is 6.61 Å². The van der Waals surface area contributed by atoms with Crippen LogP contribution in [0.5, 0.6) is 5.75 Å². The molecule has 0 aliphatic rings. The van der Waals surface area contributed by atoms with E-state index >= 15 is 4.39 Å². The Hall–Kier alpha value is -3.74. The highest BCUT2D eigenvalue weighted by atomic mass is 19.4. The Morgan fingerprint density at radius 3 is 1.97 bits per heavy atom. The number of hydrogen-bond donors (Lipinski definition) is 0. The number of alkyl halides is 3. The van der Waals surface area contributed by atoms with Crippen LogP contribution in [-0.4, -0.2) is 6.61 Å². The van der Waals surface area contributed by atoms with Crippen molar-refractivity contribution >= 4 is 10.8 Å². The zero-order valence-electron chi connectivity index (χ0n) is 19.8. The minimum atomic E-state index is -5.12. The second-order valence-electron chi connectivity index (χ2n) is 8.77. The molecule has 0 aliphatic heterocycles. The number of hydrogen-bond acceptors (Lipinski definition) is 1. The molecule has 37 heavy (non-hydrogen) atoms. The van der Waals surface area contributed by atoms with Crippen molar-refractivity contribution in [1.82, 2.24) is 0 Å². The summed E-state index contributed by atoms with van der Waals surface area (Å²) in [5.74, 6) is -3.03. The third-order valence-electron chi connectivity index (χ3n) is 6.16. The van der Waals surface area contributed by atoms with E-state index in [1.165, 1.54) is 0 Å². The summed E-state index contributed by atoms with van der Waals surface area (Å²) >= 11 is 0. The van der Waals surface area contributed by atoms with Crippen molar-refractivity contribution < 1.29 is 31.1 Å². The molecule has 0 bridgehead atoms. The van der Waals surface area contributed by atoms with E-state index in [0.717, 1.165) is 35.1 Å². The maximum absolute atomic E-state index is 15.1. The minimum absolute atomic E-state index is 0.0100. The normalized spacial score (nSPS) is 11.6. The zero-order valence-corrected chi connectivity index (χ0v) is 19.8. The second-order valence-corrected chi connectivity index (χ2v) is 8.77. The topological polar surface area (TPSA) is 9.23 Å². The predicted molar refractivity (Wildman–Crippen MR) is 132 cm³/mol. The van der Waals surface area contributed by atoms with Crippen molar-refractivity contribution in [3.05, 3.63) is 125 Å². The lowest BCUT2D eigenvalue weighted by molar-refractivity contribution is -0.142. The van der Waals surface area contributed by atoms with Crippen LogP contribution >= 0.6 is 0 Å². The average molecular weight is 515 g/mol. The summed E-state index contributed by atoms with van der Waals surface area (Å²) in [4.78, 5) is 0. The third-order valence-corrected chi connectivity index (χ3v) is 6.16. The van der Waals surface area contributed by atoms with Gasteiger partial charge in [0, 0.05) is 5.39 Å². The SMILES string of the molecule is C=CCOc1ccc(CCc2ccc3c(F)c(CCc4cc(F)c(C(F)(F)F)c(F)c4)ccc3c2)cc1. The van der Waals surface area contributed by atoms with Gasteiger partial charge in [-0.25, -0.2) is 13.2 Å². The first kappa shape index (κ1) is 26.3. The standard InChI is InChI=1S/C30H24F6O/c1-2-15-37-24-12-6-19(7-13-24)3-4-20-8-14-25-23(16-20)11-10-22(29(25)33)9-5-21-17-26(31)28(27(32)18-21)30(34,35)36/h2,6-8,10-14,16-18H,1,3-5,9,15H2. The van der Waals surface area contributed by atoms with E-state index in [9.17, 15) is 22.0 Å². The summed E-state index contributed by atoms with van der Waals surface area (Å²) in [6.07, 6.45) is -1.81. The third kappa shape index (κ3) is 6.34. The van der Waals surface area contributed by atoms with E-state index < -0.39 is 29.2 Å². The van der Waals surface area contributed by atoms with Gasteiger partial charge in [0.1, 0.15) is 35.4 Å². The first-order valence-electron chi connectivity index (χ1n) is 11.7. The van der Waals surface area contributed by atoms with E-state index in [2.05, 4.69) is 6.58 Å². The quantitative estimate of drug-likeness (QED) is 0.161. The zero-order chi connectivity index (χ0) is 26.6. The van der Waals surface area contributed by atoms with Gasteiger partial charge in [0.15, 0.2) is 0 Å². The Morgan fingerprint density at radius 2 is 1.32 bits per heavy atom. The van der Waals surface area contributed by atoms with Crippen molar-refractivity contribution in [1.29, 1.82) is 0 Å². The molecule has 7 heteroatoms. The van der Waals surface area contributed by atoms with Gasteiger partial charge in [0.25, 0.3) is 0 Å². The molecule has 0 unspecified atom stereocenters. The molecule has 0 aromatic heterocycles. The highest BCUT2D eigenvalue weighted by Gasteiger charge is 2.37. The Kier molecular flexibility index (Phi) is 7.91. The monoisotopic (exact) mass is 514 g/mol. The summed E-state index contributed by atoms with van der Waals surface area (Å²) in [6, 6.07) is 18.0. The van der Waals surface area contributed by atoms with E-state index in [-0.39, 0.29) is 18.4 Å². The molecule has 0 aliphatic carbocycles. The molecule has 0 atom stereocenters. The molecule has 0 radical (unpaired) electrons. The summed E-state index contributed by atoms with van der Waals surface area (Å²) in [5, 5.41) is 1.13. The fraction of sp³-hybridized carbons (Fsp3) is 0.200. The van der Waals surface area contributed by atoms with E-state index in [4.69, 9.17) is 4.74 Å². The fourth-order valence-corrected chi connectivity index (χ4v) is 4.25. The smallest absolute Gasteiger partial charge is 0.422 e. The molecule has 0 spiro atoms. The van der Waals surface area contributed by atoms with Gasteiger partial charge in [0.2, 0.25) is 0 Å². The van der Waals surface area contributed by atoms with Crippen molar-refractivity contribution in [2.24, 2.45) is 0 Å². The molecule has 0 heterocycles. The van der Waals surface area contributed by atoms with Crippen LogP contribution in [0.4, 0.5) is 26.3 Å². The van der Waals surface area contributed by atoms with Crippen LogP contribution in [0.15, 0.2) is 79.4 Å². The summed E-state index contributed by atoms with van der Waals surface area (Å²) < 4.78 is 86.6. The molecular weight excluding hydrogens is 490 g/mol. The molecule has 0 amide bonds. The van der Waals surface area contributed by atoms with Gasteiger partial charge in [-0.15, -0.1) is 0 Å². The van der Waals surface area contributed by atoms with Gasteiger partial charge in [-0.2, -0.15) is 13.2 Å².